The van der Waals surface area contributed by atoms with Crippen molar-refractivity contribution in [1.82, 2.24) is 0 Å². The molecule has 0 saturated carbocycles. The van der Waals surface area contributed by atoms with Crippen molar-refractivity contribution in [3.63, 3.8) is 0 Å². The van der Waals surface area contributed by atoms with Crippen LogP contribution < -0.4 is 28.7 Å². The van der Waals surface area contributed by atoms with E-state index in [4.69, 9.17) is 16.3 Å². The maximum absolute atomic E-state index is 10.1. The number of carbonyl (C=O) groups excluding carboxylic acids is 1. The number of benzene rings is 1. The van der Waals surface area contributed by atoms with Crippen molar-refractivity contribution in [1.29, 1.82) is 0 Å². The Morgan fingerprint density at radius 1 is 1.57 bits per heavy atom. The third-order valence-corrected chi connectivity index (χ3v) is 1.72. The van der Waals surface area contributed by atoms with Gasteiger partial charge in [0.05, 0.1) is 5.97 Å². The van der Waals surface area contributed by atoms with Crippen molar-refractivity contribution >= 4 is 17.6 Å². The first-order chi connectivity index (χ1) is 6.09. The predicted molar refractivity (Wildman–Crippen MR) is 46.7 cm³/mol. The van der Waals surface area contributed by atoms with Crippen LogP contribution in [0.25, 0.3) is 0 Å². The minimum absolute atomic E-state index is 0. The van der Waals surface area contributed by atoms with Crippen LogP contribution in [0.1, 0.15) is 5.56 Å². The standard InChI is InChI=1S/C9H9ClO3.Li/c1-6-4-7(10)2-3-8(6)13-5-9(11)12;/h2-4H,5H2,1H3,(H,11,12);/q;+1/p-1. The molecule has 1 aromatic carbocycles. The van der Waals surface area contributed by atoms with Gasteiger partial charge in [0.2, 0.25) is 0 Å². The van der Waals surface area contributed by atoms with Gasteiger partial charge in [0, 0.05) is 5.02 Å². The summed E-state index contributed by atoms with van der Waals surface area (Å²) in [6.07, 6.45) is 0. The molecule has 0 aliphatic rings. The van der Waals surface area contributed by atoms with Gasteiger partial charge in [-0.15, -0.1) is 0 Å². The van der Waals surface area contributed by atoms with E-state index < -0.39 is 12.6 Å². The summed E-state index contributed by atoms with van der Waals surface area (Å²) in [7, 11) is 0. The van der Waals surface area contributed by atoms with Crippen LogP contribution in [0.15, 0.2) is 18.2 Å². The van der Waals surface area contributed by atoms with Crippen LogP contribution in [-0.2, 0) is 4.79 Å². The summed E-state index contributed by atoms with van der Waals surface area (Å²) < 4.78 is 4.93. The van der Waals surface area contributed by atoms with Gasteiger partial charge in [0.25, 0.3) is 0 Å². The van der Waals surface area contributed by atoms with Crippen LogP contribution in [0.4, 0.5) is 0 Å². The molecule has 70 valence electrons. The van der Waals surface area contributed by atoms with E-state index in [0.717, 1.165) is 5.56 Å². The maximum Gasteiger partial charge on any atom is 1.00 e. The largest absolute Gasteiger partial charge is 1.00 e. The number of carbonyl (C=O) groups is 1. The summed E-state index contributed by atoms with van der Waals surface area (Å²) in [6.45, 7) is 1.35. The zero-order valence-corrected chi connectivity index (χ0v) is 8.80. The topological polar surface area (TPSA) is 49.4 Å². The molecule has 0 atom stereocenters. The van der Waals surface area contributed by atoms with Crippen LogP contribution in [0.3, 0.4) is 0 Å². The molecule has 0 aliphatic carbocycles. The summed E-state index contributed by atoms with van der Waals surface area (Å²) in [6, 6.07) is 4.96. The molecule has 0 N–H and O–H groups in total. The fraction of sp³-hybridized carbons (Fsp3) is 0.222. The van der Waals surface area contributed by atoms with E-state index in [2.05, 4.69) is 0 Å². The van der Waals surface area contributed by atoms with Gasteiger partial charge in [-0.1, -0.05) is 11.6 Å². The average molecular weight is 207 g/mol. The van der Waals surface area contributed by atoms with Crippen molar-refractivity contribution in [3.8, 4) is 5.75 Å². The Kier molecular flexibility index (Phi) is 5.71. The monoisotopic (exact) mass is 206 g/mol. The summed E-state index contributed by atoms with van der Waals surface area (Å²) >= 11 is 5.70. The number of ether oxygens (including phenoxy) is 1. The molecule has 0 aliphatic heterocycles. The first-order valence-corrected chi connectivity index (χ1v) is 4.06. The fourth-order valence-corrected chi connectivity index (χ4v) is 1.14. The van der Waals surface area contributed by atoms with Crippen LogP contribution >= 0.6 is 11.6 Å². The van der Waals surface area contributed by atoms with Gasteiger partial charge < -0.3 is 14.6 Å². The molecule has 0 fully saturated rings. The van der Waals surface area contributed by atoms with E-state index in [0.29, 0.717) is 10.8 Å². The molecule has 0 heterocycles. The second kappa shape index (κ2) is 5.97. The van der Waals surface area contributed by atoms with Gasteiger partial charge in [0.1, 0.15) is 12.4 Å². The molecule has 5 heteroatoms. The first kappa shape index (κ1) is 13.4. The maximum atomic E-state index is 10.1. The second-order valence-corrected chi connectivity index (χ2v) is 3.01. The predicted octanol–water partition coefficient (Wildman–Crippen LogP) is -2.22. The van der Waals surface area contributed by atoms with Crippen LogP contribution in [-0.4, -0.2) is 12.6 Å². The summed E-state index contributed by atoms with van der Waals surface area (Å²) in [4.78, 5) is 10.1. The molecule has 0 aromatic heterocycles. The van der Waals surface area contributed by atoms with Gasteiger partial charge in [-0.25, -0.2) is 0 Å². The van der Waals surface area contributed by atoms with Gasteiger partial charge in [0.15, 0.2) is 0 Å². The number of hydrogen-bond donors (Lipinski definition) is 0. The molecule has 14 heavy (non-hydrogen) atoms. The molecule has 3 nitrogen and oxygen atoms in total. The molecule has 0 bridgehead atoms. The van der Waals surface area contributed by atoms with E-state index >= 15 is 0 Å². The molecule has 0 amide bonds. The Labute approximate surface area is 99.2 Å². The third kappa shape index (κ3) is 4.06. The number of rotatable bonds is 3. The number of aliphatic carboxylic acids is 1. The second-order valence-electron chi connectivity index (χ2n) is 2.57. The zero-order valence-electron chi connectivity index (χ0n) is 8.04. The Morgan fingerprint density at radius 3 is 2.71 bits per heavy atom. The molecule has 0 unspecified atom stereocenters. The first-order valence-electron chi connectivity index (χ1n) is 3.68. The van der Waals surface area contributed by atoms with Crippen LogP contribution in [0, 0.1) is 6.92 Å². The van der Waals surface area contributed by atoms with Crippen molar-refractivity contribution < 1.29 is 33.5 Å². The Morgan fingerprint density at radius 2 is 2.21 bits per heavy atom. The smallest absolute Gasteiger partial charge is 0.546 e. The third-order valence-electron chi connectivity index (χ3n) is 1.48. The molecule has 1 rings (SSSR count). The minimum Gasteiger partial charge on any atom is -0.546 e. The summed E-state index contributed by atoms with van der Waals surface area (Å²) in [5.74, 6) is -0.733. The molecule has 1 aromatic rings. The fourth-order valence-electron chi connectivity index (χ4n) is 0.911. The average Bonchev–Trinajstić information content (AvgIpc) is 2.02. The SMILES string of the molecule is Cc1cc(Cl)ccc1OCC(=O)[O-].[Li+]. The minimum atomic E-state index is -1.24. The zero-order chi connectivity index (χ0) is 9.84. The van der Waals surface area contributed by atoms with E-state index in [1.54, 1.807) is 25.1 Å². The molecular weight excluding hydrogens is 198 g/mol. The quantitative estimate of drug-likeness (QED) is 0.527. The molecule has 0 radical (unpaired) electrons. The number of aryl methyl sites for hydroxylation is 1. The van der Waals surface area contributed by atoms with E-state index in [9.17, 15) is 9.90 Å². The molecule has 0 saturated heterocycles. The molecule has 0 spiro atoms. The number of hydrogen-bond acceptors (Lipinski definition) is 3. The van der Waals surface area contributed by atoms with Crippen molar-refractivity contribution in [3.05, 3.63) is 28.8 Å². The Hall–Kier alpha value is -0.623. The van der Waals surface area contributed by atoms with Crippen LogP contribution in [0.5, 0.6) is 5.75 Å². The normalized spacial score (nSPS) is 9.00. The van der Waals surface area contributed by atoms with Gasteiger partial charge in [-0.2, -0.15) is 0 Å². The van der Waals surface area contributed by atoms with Crippen molar-refractivity contribution in [2.75, 3.05) is 6.61 Å². The number of halogens is 1. The summed E-state index contributed by atoms with van der Waals surface area (Å²) in [5.41, 5.74) is 0.800. The van der Waals surface area contributed by atoms with E-state index in [1.165, 1.54) is 0 Å². The van der Waals surface area contributed by atoms with Crippen LogP contribution in [0.2, 0.25) is 5.02 Å². The van der Waals surface area contributed by atoms with Gasteiger partial charge in [-0.3, -0.25) is 0 Å². The van der Waals surface area contributed by atoms with Crippen molar-refractivity contribution in [2.24, 2.45) is 0 Å². The van der Waals surface area contributed by atoms with E-state index in [-0.39, 0.29) is 18.9 Å². The Balaban J connectivity index is 0.00000169. The van der Waals surface area contributed by atoms with Gasteiger partial charge in [-0.05, 0) is 30.7 Å². The number of carboxylic acids is 1. The molecular formula is C9H8ClLiO3. The Bertz CT molecular complexity index is 328. The summed E-state index contributed by atoms with van der Waals surface area (Å²) in [5, 5.41) is 10.7. The van der Waals surface area contributed by atoms with Crippen molar-refractivity contribution in [2.45, 2.75) is 6.92 Å². The number of carboxylic acid groups (broad SMARTS) is 1. The van der Waals surface area contributed by atoms with E-state index in [1.807, 2.05) is 0 Å². The van der Waals surface area contributed by atoms with Gasteiger partial charge >= 0.3 is 18.9 Å².